The Balaban J connectivity index is 1.98. The number of ether oxygens (including phenoxy) is 2. The minimum absolute atomic E-state index is 0.0475. The van der Waals surface area contributed by atoms with Crippen LogP contribution in [0.2, 0.25) is 0 Å². The van der Waals surface area contributed by atoms with Gasteiger partial charge in [0.25, 0.3) is 0 Å². The molecular weight excluding hydrogens is 613 g/mol. The van der Waals surface area contributed by atoms with Crippen molar-refractivity contribution >= 4 is 19.8 Å². The van der Waals surface area contributed by atoms with Gasteiger partial charge in [0.2, 0.25) is 0 Å². The molecule has 1 fully saturated rings. The topological polar surface area (TPSA) is 186 Å². The van der Waals surface area contributed by atoms with E-state index in [-0.39, 0.29) is 43.3 Å². The van der Waals surface area contributed by atoms with Crippen LogP contribution in [0.5, 0.6) is 0 Å². The number of cyclic esters (lactones) is 1. The van der Waals surface area contributed by atoms with Crippen molar-refractivity contribution in [2.45, 2.75) is 128 Å². The normalized spacial score (nSPS) is 25.3. The van der Waals surface area contributed by atoms with E-state index in [9.17, 15) is 34.2 Å². The van der Waals surface area contributed by atoms with Gasteiger partial charge in [-0.15, -0.1) is 0 Å². The molecule has 11 nitrogen and oxygen atoms in total. The Kier molecular flexibility index (Phi) is 17.7. The molecule has 0 aromatic rings. The van der Waals surface area contributed by atoms with E-state index in [1.807, 2.05) is 13.0 Å². The quantitative estimate of drug-likeness (QED) is 0.0378. The number of aliphatic hydroxyl groups excluding tert-OH is 1. The minimum atomic E-state index is -5.08. The third-order valence-corrected chi connectivity index (χ3v) is 9.01. The summed E-state index contributed by atoms with van der Waals surface area (Å²) in [5.74, 6) is 0.0638. The summed E-state index contributed by atoms with van der Waals surface area (Å²) in [4.78, 5) is 43.3. The van der Waals surface area contributed by atoms with Crippen molar-refractivity contribution in [3.8, 4) is 0 Å². The van der Waals surface area contributed by atoms with Gasteiger partial charge in [0.1, 0.15) is 23.9 Å². The second-order valence-electron chi connectivity index (χ2n) is 12.9. The first kappa shape index (κ1) is 40.1. The van der Waals surface area contributed by atoms with Crippen LogP contribution in [0.15, 0.2) is 48.6 Å². The van der Waals surface area contributed by atoms with Crippen LogP contribution < -0.4 is 5.73 Å². The molecule has 0 radical (unpaired) electrons. The van der Waals surface area contributed by atoms with Crippen LogP contribution in [-0.2, 0) is 28.2 Å². The van der Waals surface area contributed by atoms with Crippen LogP contribution >= 0.6 is 7.82 Å². The lowest BCUT2D eigenvalue weighted by Crippen LogP contribution is -2.45. The zero-order valence-corrected chi connectivity index (χ0v) is 28.5. The van der Waals surface area contributed by atoms with E-state index in [1.54, 1.807) is 18.2 Å². The molecule has 2 rings (SSSR count). The average Bonchev–Trinajstić information content (AvgIpc) is 2.97. The van der Waals surface area contributed by atoms with Gasteiger partial charge in [-0.3, -0.25) is 9.32 Å². The lowest BCUT2D eigenvalue weighted by molar-refractivity contribution is -0.151. The Morgan fingerprint density at radius 3 is 2.63 bits per heavy atom. The molecule has 6 N–H and O–H groups in total. The van der Waals surface area contributed by atoms with E-state index in [0.29, 0.717) is 18.8 Å². The lowest BCUT2D eigenvalue weighted by atomic mass is 9.86. The molecule has 0 bridgehead atoms. The highest BCUT2D eigenvalue weighted by molar-refractivity contribution is 7.46. The van der Waals surface area contributed by atoms with Gasteiger partial charge in [-0.25, -0.2) is 9.36 Å². The Labute approximate surface area is 274 Å². The minimum Gasteiger partial charge on any atom is -0.462 e. The highest BCUT2D eigenvalue weighted by atomic mass is 31.2. The number of unbranched alkanes of at least 4 members (excludes halogenated alkanes) is 2. The molecule has 46 heavy (non-hydrogen) atoms. The van der Waals surface area contributed by atoms with Crippen LogP contribution in [0.4, 0.5) is 0 Å². The van der Waals surface area contributed by atoms with Crippen LogP contribution in [0.1, 0.15) is 97.8 Å². The summed E-state index contributed by atoms with van der Waals surface area (Å²) < 4.78 is 27.9. The first-order valence-electron chi connectivity index (χ1n) is 16.7. The second kappa shape index (κ2) is 20.3. The molecule has 0 saturated heterocycles. The van der Waals surface area contributed by atoms with Gasteiger partial charge in [-0.05, 0) is 69.4 Å². The molecule has 1 heterocycles. The van der Waals surface area contributed by atoms with Crippen molar-refractivity contribution in [3.63, 3.8) is 0 Å². The monoisotopic (exact) mass is 669 g/mol. The van der Waals surface area contributed by atoms with Crippen molar-refractivity contribution in [1.82, 2.24) is 0 Å². The predicted octanol–water partition coefficient (Wildman–Crippen LogP) is 5.18. The number of esters is 2. The predicted molar refractivity (Wildman–Crippen MR) is 176 cm³/mol. The molecule has 12 heteroatoms. The zero-order chi connectivity index (χ0) is 34.2. The molecule has 2 aliphatic rings. The van der Waals surface area contributed by atoms with Crippen LogP contribution in [0.3, 0.4) is 0 Å². The third-order valence-electron chi connectivity index (χ3n) is 8.48. The van der Waals surface area contributed by atoms with Gasteiger partial charge < -0.3 is 35.2 Å². The molecule has 7 atom stereocenters. The van der Waals surface area contributed by atoms with Crippen molar-refractivity contribution in [2.24, 2.45) is 23.5 Å². The molecule has 1 aliphatic carbocycles. The number of nitrogens with two attached hydrogens (primary N) is 1. The number of aliphatic hydroxyl groups is 2. The largest absolute Gasteiger partial charge is 0.469 e. The highest BCUT2D eigenvalue weighted by Crippen LogP contribution is 2.42. The summed E-state index contributed by atoms with van der Waals surface area (Å²) in [6.45, 7) is 6.26. The van der Waals surface area contributed by atoms with E-state index in [0.717, 1.165) is 44.9 Å². The highest BCUT2D eigenvalue weighted by Gasteiger charge is 2.40. The van der Waals surface area contributed by atoms with Gasteiger partial charge >= 0.3 is 19.8 Å². The Morgan fingerprint density at radius 1 is 1.20 bits per heavy atom. The Bertz CT molecular complexity index is 1100. The maximum Gasteiger partial charge on any atom is 0.469 e. The Morgan fingerprint density at radius 2 is 1.96 bits per heavy atom. The number of phosphoric ester groups is 1. The molecule has 0 aromatic heterocycles. The number of allylic oxidation sites excluding steroid dienone is 3. The molecule has 262 valence electrons. The molecule has 7 unspecified atom stereocenters. The van der Waals surface area contributed by atoms with Crippen LogP contribution in [0.25, 0.3) is 0 Å². The fourth-order valence-corrected chi connectivity index (χ4v) is 6.49. The molecule has 0 spiro atoms. The molecular formula is C34H56NO10P. The number of rotatable bonds is 20. The van der Waals surface area contributed by atoms with Crippen LogP contribution in [0, 0.1) is 17.8 Å². The van der Waals surface area contributed by atoms with Crippen molar-refractivity contribution in [2.75, 3.05) is 6.54 Å². The summed E-state index contributed by atoms with van der Waals surface area (Å²) >= 11 is 0. The average molecular weight is 670 g/mol. The number of hydrogen-bond acceptors (Lipinski definition) is 9. The molecule has 0 aromatic carbocycles. The van der Waals surface area contributed by atoms with Gasteiger partial charge in [-0.2, -0.15) is 0 Å². The zero-order valence-electron chi connectivity index (χ0n) is 27.6. The summed E-state index contributed by atoms with van der Waals surface area (Å²) in [5, 5.41) is 22.2. The van der Waals surface area contributed by atoms with Gasteiger partial charge in [0.05, 0.1) is 6.10 Å². The third kappa shape index (κ3) is 15.7. The maximum atomic E-state index is 12.3. The second-order valence-corrected chi connectivity index (χ2v) is 14.1. The van der Waals surface area contributed by atoms with Crippen molar-refractivity contribution < 1.29 is 48.2 Å². The summed E-state index contributed by atoms with van der Waals surface area (Å²) in [5.41, 5.74) is 3.75. The molecule has 1 saturated carbocycles. The standard InChI is InChI=1S/C34H56NO10P/c1-4-27-17-18-33(38)44-30(27)19-20-34(39,21-22-35)31(45-46(40,41)42)24-28(36)14-9-8-12-26-13-10-15-29(23-26)43-32(37)16-7-5-6-11-25(2)3/h8-9,12,14,17-20,25-31,36,39H,4-7,10-11,13,15-16,21-24,35H2,1-3H3,(H2,40,41,42). The first-order chi connectivity index (χ1) is 21.7. The van der Waals surface area contributed by atoms with E-state index in [2.05, 4.69) is 13.8 Å². The van der Waals surface area contributed by atoms with E-state index >= 15 is 0 Å². The van der Waals surface area contributed by atoms with Crippen molar-refractivity contribution in [3.05, 3.63) is 48.6 Å². The summed E-state index contributed by atoms with van der Waals surface area (Å²) in [7, 11) is -5.08. The maximum absolute atomic E-state index is 12.3. The Hall–Kier alpha value is -2.11. The lowest BCUT2D eigenvalue weighted by Gasteiger charge is -2.35. The SMILES string of the molecule is CCC1C=CC(=O)OC1C=CC(O)(CCN)C(CC(O)C=CC=CC1CCCC(OC(=O)CCCCCC(C)C)C1)OP(=O)(O)O. The van der Waals surface area contributed by atoms with Crippen LogP contribution in [-0.4, -0.2) is 68.5 Å². The number of carbonyl (C=O) groups is 2. The smallest absolute Gasteiger partial charge is 0.462 e. The molecule has 1 aliphatic heterocycles. The van der Waals surface area contributed by atoms with Crippen molar-refractivity contribution in [1.29, 1.82) is 0 Å². The fourth-order valence-electron chi connectivity index (χ4n) is 5.89. The van der Waals surface area contributed by atoms with Gasteiger partial charge in [0, 0.05) is 24.8 Å². The molecule has 0 amide bonds. The number of phosphoric acid groups is 1. The summed E-state index contributed by atoms with van der Waals surface area (Å²) in [6, 6.07) is 0. The van der Waals surface area contributed by atoms with E-state index in [1.165, 1.54) is 30.7 Å². The van der Waals surface area contributed by atoms with E-state index in [4.69, 9.17) is 19.7 Å². The van der Waals surface area contributed by atoms with E-state index < -0.39 is 37.7 Å². The number of carbonyl (C=O) groups excluding carboxylic acids is 2. The van der Waals surface area contributed by atoms with Gasteiger partial charge in [0.15, 0.2) is 0 Å². The first-order valence-corrected chi connectivity index (χ1v) is 18.2. The fraction of sp³-hybridized carbons (Fsp3) is 0.706. The number of hydrogen-bond donors (Lipinski definition) is 5. The van der Waals surface area contributed by atoms with Gasteiger partial charge in [-0.1, -0.05) is 76.5 Å². The summed E-state index contributed by atoms with van der Waals surface area (Å²) in [6.07, 6.45) is 17.4.